The van der Waals surface area contributed by atoms with Gasteiger partial charge >= 0.3 is 0 Å². The van der Waals surface area contributed by atoms with Crippen LogP contribution in [0.4, 0.5) is 0 Å². The van der Waals surface area contributed by atoms with Gasteiger partial charge in [0.25, 0.3) is 17.7 Å². The number of carbonyl (C=O) groups is 3. The summed E-state index contributed by atoms with van der Waals surface area (Å²) >= 11 is 1.51. The number of rotatable bonds is 3. The molecule has 1 N–H and O–H groups in total. The molecule has 0 aromatic carbocycles. The van der Waals surface area contributed by atoms with E-state index in [0.717, 1.165) is 47.6 Å². The molecule has 0 unspecified atom stereocenters. The van der Waals surface area contributed by atoms with Gasteiger partial charge in [-0.15, -0.1) is 11.3 Å². The predicted octanol–water partition coefficient (Wildman–Crippen LogP) is 2.44. The van der Waals surface area contributed by atoms with Crippen LogP contribution in [0.2, 0.25) is 0 Å². The zero-order chi connectivity index (χ0) is 15.9. The highest BCUT2D eigenvalue weighted by Crippen LogP contribution is 2.37. The minimum Gasteiger partial charge on any atom is -0.272 e. The molecule has 2 aliphatic rings. The summed E-state index contributed by atoms with van der Waals surface area (Å²) in [4.78, 5) is 38.3. The molecule has 118 valence electrons. The Kier molecular flexibility index (Phi) is 4.04. The average molecular weight is 320 g/mol. The highest BCUT2D eigenvalue weighted by Gasteiger charge is 2.49. The molecule has 2 fully saturated rings. The van der Waals surface area contributed by atoms with Crippen molar-refractivity contribution in [3.8, 4) is 0 Å². The standard InChI is InChI=1S/C16H20N2O3S/c1-3-10-9(2)22-8-13(10)14(19)17-18-15(20)11-6-4-5-7-12(11)16(18)21/h8,11-12H,3-7H2,1-2H3,(H,17,19)/t11-,12+. The maximum atomic E-state index is 12.4. The molecule has 1 aliphatic heterocycles. The molecule has 0 bridgehead atoms. The molecule has 22 heavy (non-hydrogen) atoms. The average Bonchev–Trinajstić information content (AvgIpc) is 3.01. The summed E-state index contributed by atoms with van der Waals surface area (Å²) < 4.78 is 0. The van der Waals surface area contributed by atoms with Crippen LogP contribution in [0.15, 0.2) is 5.38 Å². The Hall–Kier alpha value is -1.69. The van der Waals surface area contributed by atoms with Crippen LogP contribution in [-0.4, -0.2) is 22.7 Å². The quantitative estimate of drug-likeness (QED) is 0.870. The molecule has 3 amide bonds. The van der Waals surface area contributed by atoms with Crippen LogP contribution in [0.25, 0.3) is 0 Å². The van der Waals surface area contributed by atoms with E-state index in [1.54, 1.807) is 5.38 Å². The van der Waals surface area contributed by atoms with E-state index in [0.29, 0.717) is 5.56 Å². The third kappa shape index (κ3) is 2.35. The van der Waals surface area contributed by atoms with Crippen molar-refractivity contribution in [2.45, 2.75) is 46.0 Å². The van der Waals surface area contributed by atoms with Gasteiger partial charge in [0.1, 0.15) is 0 Å². The zero-order valence-corrected chi connectivity index (χ0v) is 13.7. The van der Waals surface area contributed by atoms with Crippen molar-refractivity contribution in [2.75, 3.05) is 0 Å². The van der Waals surface area contributed by atoms with Crippen molar-refractivity contribution in [2.24, 2.45) is 11.8 Å². The highest BCUT2D eigenvalue weighted by molar-refractivity contribution is 7.10. The van der Waals surface area contributed by atoms with Gasteiger partial charge in [-0.2, -0.15) is 5.01 Å². The molecule has 2 atom stereocenters. The fourth-order valence-electron chi connectivity index (χ4n) is 3.54. The van der Waals surface area contributed by atoms with E-state index in [9.17, 15) is 14.4 Å². The molecule has 0 radical (unpaired) electrons. The van der Waals surface area contributed by atoms with Crippen LogP contribution in [-0.2, 0) is 16.0 Å². The monoisotopic (exact) mass is 320 g/mol. The summed E-state index contributed by atoms with van der Waals surface area (Å²) in [5.74, 6) is -1.32. The van der Waals surface area contributed by atoms with E-state index in [1.807, 2.05) is 13.8 Å². The van der Waals surface area contributed by atoms with Crippen LogP contribution < -0.4 is 5.43 Å². The summed E-state index contributed by atoms with van der Waals surface area (Å²) in [5.41, 5.74) is 4.10. The lowest BCUT2D eigenvalue weighted by Crippen LogP contribution is -2.46. The Balaban J connectivity index is 1.79. The summed E-state index contributed by atoms with van der Waals surface area (Å²) in [5, 5.41) is 2.76. The summed E-state index contributed by atoms with van der Waals surface area (Å²) in [6, 6.07) is 0. The number of imide groups is 1. The molecule has 0 spiro atoms. The fourth-order valence-corrected chi connectivity index (χ4v) is 4.48. The van der Waals surface area contributed by atoms with Gasteiger partial charge in [0.05, 0.1) is 17.4 Å². The first-order valence-corrected chi connectivity index (χ1v) is 8.68. The van der Waals surface area contributed by atoms with Crippen molar-refractivity contribution < 1.29 is 14.4 Å². The number of carbonyl (C=O) groups excluding carboxylic acids is 3. The molecular formula is C16H20N2O3S. The molecule has 1 saturated heterocycles. The van der Waals surface area contributed by atoms with Gasteiger partial charge in [0.2, 0.25) is 0 Å². The maximum Gasteiger partial charge on any atom is 0.271 e. The van der Waals surface area contributed by atoms with Crippen molar-refractivity contribution in [3.63, 3.8) is 0 Å². The smallest absolute Gasteiger partial charge is 0.271 e. The Morgan fingerprint density at radius 3 is 2.41 bits per heavy atom. The molecule has 2 heterocycles. The number of fused-ring (bicyclic) bond motifs is 1. The molecule has 1 saturated carbocycles. The predicted molar refractivity (Wildman–Crippen MR) is 83.2 cm³/mol. The molecule has 1 aromatic heterocycles. The van der Waals surface area contributed by atoms with Crippen LogP contribution in [0.1, 0.15) is 53.4 Å². The lowest BCUT2D eigenvalue weighted by atomic mass is 9.81. The number of hydrogen-bond acceptors (Lipinski definition) is 4. The molecule has 3 rings (SSSR count). The van der Waals surface area contributed by atoms with Gasteiger partial charge in [-0.3, -0.25) is 19.8 Å². The SMILES string of the molecule is CCc1c(C(=O)NN2C(=O)[C@H]3CCCC[C@H]3C2=O)csc1C. The minimum absolute atomic E-state index is 0.239. The van der Waals surface area contributed by atoms with E-state index in [4.69, 9.17) is 0 Å². The lowest BCUT2D eigenvalue weighted by molar-refractivity contribution is -0.142. The van der Waals surface area contributed by atoms with E-state index in [2.05, 4.69) is 5.43 Å². The van der Waals surface area contributed by atoms with Gasteiger partial charge in [-0.1, -0.05) is 19.8 Å². The first-order valence-electron chi connectivity index (χ1n) is 7.80. The second kappa shape index (κ2) is 5.83. The minimum atomic E-state index is -0.360. The van der Waals surface area contributed by atoms with Crippen LogP contribution >= 0.6 is 11.3 Å². The third-order valence-electron chi connectivity index (χ3n) is 4.76. The van der Waals surface area contributed by atoms with Crippen molar-refractivity contribution in [1.82, 2.24) is 10.4 Å². The van der Waals surface area contributed by atoms with Crippen LogP contribution in [0, 0.1) is 18.8 Å². The number of thiophene rings is 1. The normalized spacial score (nSPS) is 24.5. The van der Waals surface area contributed by atoms with Crippen molar-refractivity contribution in [3.05, 3.63) is 21.4 Å². The highest BCUT2D eigenvalue weighted by atomic mass is 32.1. The van der Waals surface area contributed by atoms with Gasteiger partial charge < -0.3 is 0 Å². The Morgan fingerprint density at radius 1 is 1.27 bits per heavy atom. The van der Waals surface area contributed by atoms with Gasteiger partial charge in [0, 0.05) is 10.3 Å². The lowest BCUT2D eigenvalue weighted by Gasteiger charge is -2.19. The van der Waals surface area contributed by atoms with Gasteiger partial charge in [-0.25, -0.2) is 0 Å². The number of aryl methyl sites for hydroxylation is 1. The number of hydrazine groups is 1. The second-order valence-electron chi connectivity index (χ2n) is 5.99. The Morgan fingerprint density at radius 2 is 1.86 bits per heavy atom. The van der Waals surface area contributed by atoms with Crippen LogP contribution in [0.3, 0.4) is 0 Å². The Labute approximate surface area is 133 Å². The largest absolute Gasteiger partial charge is 0.272 e. The third-order valence-corrected chi connectivity index (χ3v) is 5.71. The van der Waals surface area contributed by atoms with Crippen molar-refractivity contribution >= 4 is 29.1 Å². The number of hydrogen-bond donors (Lipinski definition) is 1. The van der Waals surface area contributed by atoms with E-state index < -0.39 is 0 Å². The molecule has 6 heteroatoms. The number of nitrogens with zero attached hydrogens (tertiary/aromatic N) is 1. The molecule has 1 aromatic rings. The molecular weight excluding hydrogens is 300 g/mol. The maximum absolute atomic E-state index is 12.4. The first-order chi connectivity index (χ1) is 10.5. The zero-order valence-electron chi connectivity index (χ0n) is 12.8. The summed E-state index contributed by atoms with van der Waals surface area (Å²) in [6.45, 7) is 3.97. The fraction of sp³-hybridized carbons (Fsp3) is 0.562. The number of amides is 3. The summed E-state index contributed by atoms with van der Waals surface area (Å²) in [6.07, 6.45) is 4.21. The van der Waals surface area contributed by atoms with Crippen LogP contribution in [0.5, 0.6) is 0 Å². The summed E-state index contributed by atoms with van der Waals surface area (Å²) in [7, 11) is 0. The second-order valence-corrected chi connectivity index (χ2v) is 7.07. The first kappa shape index (κ1) is 15.2. The van der Waals surface area contributed by atoms with Crippen molar-refractivity contribution in [1.29, 1.82) is 0 Å². The molecule has 1 aliphatic carbocycles. The van der Waals surface area contributed by atoms with Gasteiger partial charge in [-0.05, 0) is 31.7 Å². The van der Waals surface area contributed by atoms with E-state index >= 15 is 0 Å². The number of nitrogens with one attached hydrogen (secondary N) is 1. The van der Waals surface area contributed by atoms with Gasteiger partial charge in [0.15, 0.2) is 0 Å². The molecule has 5 nitrogen and oxygen atoms in total. The van der Waals surface area contributed by atoms with E-state index in [1.165, 1.54) is 11.3 Å². The topological polar surface area (TPSA) is 66.5 Å². The van der Waals surface area contributed by atoms with E-state index in [-0.39, 0.29) is 29.6 Å². The Bertz CT molecular complexity index is 613.